The zero-order chi connectivity index (χ0) is 15.2. The summed E-state index contributed by atoms with van der Waals surface area (Å²) >= 11 is 0. The van der Waals surface area contributed by atoms with Gasteiger partial charge in [0.1, 0.15) is 0 Å². The first-order chi connectivity index (χ1) is 10.8. The van der Waals surface area contributed by atoms with Crippen LogP contribution in [0.15, 0.2) is 78.9 Å². The predicted octanol–water partition coefficient (Wildman–Crippen LogP) is 6.05. The van der Waals surface area contributed by atoms with Crippen LogP contribution in [-0.2, 0) is 6.42 Å². The van der Waals surface area contributed by atoms with Gasteiger partial charge in [0.25, 0.3) is 0 Å². The molecule has 3 rings (SSSR count). The van der Waals surface area contributed by atoms with Crippen molar-refractivity contribution >= 4 is 11.4 Å². The van der Waals surface area contributed by atoms with Crippen molar-refractivity contribution < 1.29 is 0 Å². The van der Waals surface area contributed by atoms with Gasteiger partial charge < -0.3 is 5.32 Å². The molecule has 1 N–H and O–H groups in total. The van der Waals surface area contributed by atoms with Crippen molar-refractivity contribution in [1.82, 2.24) is 0 Å². The minimum atomic E-state index is 1.12. The molecule has 0 aliphatic heterocycles. The van der Waals surface area contributed by atoms with Crippen LogP contribution < -0.4 is 5.32 Å². The minimum Gasteiger partial charge on any atom is -0.356 e. The smallest absolute Gasteiger partial charge is 0.0390 e. The maximum atomic E-state index is 3.48. The van der Waals surface area contributed by atoms with Gasteiger partial charge in [0, 0.05) is 11.4 Å². The van der Waals surface area contributed by atoms with Gasteiger partial charge >= 0.3 is 0 Å². The monoisotopic (exact) mass is 287 g/mol. The Hall–Kier alpha value is -2.54. The van der Waals surface area contributed by atoms with E-state index in [2.05, 4.69) is 85.0 Å². The zero-order valence-corrected chi connectivity index (χ0v) is 12.9. The molecule has 22 heavy (non-hydrogen) atoms. The van der Waals surface area contributed by atoms with Gasteiger partial charge in [-0.25, -0.2) is 0 Å². The minimum absolute atomic E-state index is 1.12. The molecule has 1 heteroatoms. The highest BCUT2D eigenvalue weighted by atomic mass is 14.9. The summed E-state index contributed by atoms with van der Waals surface area (Å²) < 4.78 is 0. The molecule has 1 nitrogen and oxygen atoms in total. The van der Waals surface area contributed by atoms with E-state index < -0.39 is 0 Å². The maximum absolute atomic E-state index is 3.48. The lowest BCUT2D eigenvalue weighted by atomic mass is 10.1. The van der Waals surface area contributed by atoms with Gasteiger partial charge in [-0.2, -0.15) is 0 Å². The highest BCUT2D eigenvalue weighted by molar-refractivity contribution is 5.70. The first-order valence-corrected chi connectivity index (χ1v) is 7.86. The van der Waals surface area contributed by atoms with Crippen LogP contribution in [0.25, 0.3) is 11.1 Å². The van der Waals surface area contributed by atoms with E-state index in [1.54, 1.807) is 0 Å². The molecule has 3 aromatic carbocycles. The summed E-state index contributed by atoms with van der Waals surface area (Å²) in [5.41, 5.74) is 6.11. The first-order valence-electron chi connectivity index (χ1n) is 7.86. The topological polar surface area (TPSA) is 12.0 Å². The van der Waals surface area contributed by atoms with E-state index in [4.69, 9.17) is 0 Å². The summed E-state index contributed by atoms with van der Waals surface area (Å²) in [6.45, 7) is 2.21. The van der Waals surface area contributed by atoms with Gasteiger partial charge in [-0.05, 0) is 47.4 Å². The van der Waals surface area contributed by atoms with Crippen LogP contribution in [0.1, 0.15) is 18.9 Å². The lowest BCUT2D eigenvalue weighted by Gasteiger charge is -2.09. The third kappa shape index (κ3) is 3.56. The van der Waals surface area contributed by atoms with Crippen LogP contribution in [0, 0.1) is 0 Å². The van der Waals surface area contributed by atoms with Crippen molar-refractivity contribution in [2.75, 3.05) is 5.32 Å². The first kappa shape index (κ1) is 14.4. The second-order valence-corrected chi connectivity index (χ2v) is 5.52. The van der Waals surface area contributed by atoms with Crippen molar-refractivity contribution in [2.24, 2.45) is 0 Å². The fourth-order valence-electron chi connectivity index (χ4n) is 2.62. The lowest BCUT2D eigenvalue weighted by Crippen LogP contribution is -1.91. The summed E-state index contributed by atoms with van der Waals surface area (Å²) in [4.78, 5) is 0. The molecule has 0 radical (unpaired) electrons. The van der Waals surface area contributed by atoms with Crippen LogP contribution in [0.2, 0.25) is 0 Å². The Balaban J connectivity index is 1.78. The average molecular weight is 287 g/mol. The van der Waals surface area contributed by atoms with E-state index in [1.165, 1.54) is 23.1 Å². The van der Waals surface area contributed by atoms with Crippen LogP contribution >= 0.6 is 0 Å². The van der Waals surface area contributed by atoms with Crippen molar-refractivity contribution in [2.45, 2.75) is 19.8 Å². The molecule has 110 valence electrons. The van der Waals surface area contributed by atoms with Gasteiger partial charge in [-0.1, -0.05) is 67.9 Å². The SMILES string of the molecule is CCCc1ccc(Nc2cccc(-c3ccccc3)c2)cc1. The molecule has 0 aliphatic rings. The number of hydrogen-bond acceptors (Lipinski definition) is 1. The van der Waals surface area contributed by atoms with E-state index in [0.29, 0.717) is 0 Å². The van der Waals surface area contributed by atoms with Crippen LogP contribution in [0.3, 0.4) is 0 Å². The third-order valence-corrected chi connectivity index (χ3v) is 3.75. The maximum Gasteiger partial charge on any atom is 0.0390 e. The lowest BCUT2D eigenvalue weighted by molar-refractivity contribution is 0.922. The number of rotatable bonds is 5. The van der Waals surface area contributed by atoms with E-state index in [9.17, 15) is 0 Å². The Morgan fingerprint density at radius 1 is 0.682 bits per heavy atom. The Labute approximate surface area is 132 Å². The second-order valence-electron chi connectivity index (χ2n) is 5.52. The molecular weight excluding hydrogens is 266 g/mol. The normalized spacial score (nSPS) is 10.4. The van der Waals surface area contributed by atoms with E-state index in [1.807, 2.05) is 6.07 Å². The number of anilines is 2. The standard InChI is InChI=1S/C21H21N/c1-2-7-17-12-14-20(15-13-17)22-21-11-6-10-19(16-21)18-8-4-3-5-9-18/h3-6,8-16,22H,2,7H2,1H3. The Morgan fingerprint density at radius 2 is 1.41 bits per heavy atom. The molecular formula is C21H21N. The highest BCUT2D eigenvalue weighted by Crippen LogP contribution is 2.24. The molecule has 0 aromatic heterocycles. The van der Waals surface area contributed by atoms with E-state index >= 15 is 0 Å². The predicted molar refractivity (Wildman–Crippen MR) is 95.6 cm³/mol. The van der Waals surface area contributed by atoms with Crippen molar-refractivity contribution in [3.05, 3.63) is 84.4 Å². The fourth-order valence-corrected chi connectivity index (χ4v) is 2.62. The van der Waals surface area contributed by atoms with E-state index in [0.717, 1.165) is 17.8 Å². The number of nitrogens with one attached hydrogen (secondary N) is 1. The summed E-state index contributed by atoms with van der Waals surface area (Å²) in [5, 5.41) is 3.48. The molecule has 3 aromatic rings. The molecule has 0 atom stereocenters. The Bertz CT molecular complexity index is 714. The molecule has 0 spiro atoms. The summed E-state index contributed by atoms with van der Waals surface area (Å²) in [6.07, 6.45) is 2.33. The second kappa shape index (κ2) is 6.95. The molecule has 0 fully saturated rings. The van der Waals surface area contributed by atoms with E-state index in [-0.39, 0.29) is 0 Å². The highest BCUT2D eigenvalue weighted by Gasteiger charge is 2.00. The third-order valence-electron chi connectivity index (χ3n) is 3.75. The zero-order valence-electron chi connectivity index (χ0n) is 12.9. The molecule has 0 saturated carbocycles. The molecule has 0 saturated heterocycles. The fraction of sp³-hybridized carbons (Fsp3) is 0.143. The van der Waals surface area contributed by atoms with Crippen LogP contribution in [0.5, 0.6) is 0 Å². The van der Waals surface area contributed by atoms with Gasteiger partial charge in [0.2, 0.25) is 0 Å². The van der Waals surface area contributed by atoms with Crippen molar-refractivity contribution in [1.29, 1.82) is 0 Å². The van der Waals surface area contributed by atoms with Crippen LogP contribution in [0.4, 0.5) is 11.4 Å². The van der Waals surface area contributed by atoms with Gasteiger partial charge in [-0.3, -0.25) is 0 Å². The summed E-state index contributed by atoms with van der Waals surface area (Å²) in [5.74, 6) is 0. The Morgan fingerprint density at radius 3 is 2.14 bits per heavy atom. The number of aryl methyl sites for hydroxylation is 1. The molecule has 0 aliphatic carbocycles. The molecule has 0 heterocycles. The van der Waals surface area contributed by atoms with Crippen molar-refractivity contribution in [3.63, 3.8) is 0 Å². The van der Waals surface area contributed by atoms with Crippen molar-refractivity contribution in [3.8, 4) is 11.1 Å². The summed E-state index contributed by atoms with van der Waals surface area (Å²) in [6, 6.07) is 27.7. The quantitative estimate of drug-likeness (QED) is 0.602. The molecule has 0 bridgehead atoms. The van der Waals surface area contributed by atoms with Crippen LogP contribution in [-0.4, -0.2) is 0 Å². The number of hydrogen-bond donors (Lipinski definition) is 1. The van der Waals surface area contributed by atoms with Gasteiger partial charge in [-0.15, -0.1) is 0 Å². The summed E-state index contributed by atoms with van der Waals surface area (Å²) in [7, 11) is 0. The van der Waals surface area contributed by atoms with Gasteiger partial charge in [0.05, 0.1) is 0 Å². The largest absolute Gasteiger partial charge is 0.356 e. The average Bonchev–Trinajstić information content (AvgIpc) is 2.58. The Kier molecular flexibility index (Phi) is 4.55. The molecule has 0 amide bonds. The molecule has 0 unspecified atom stereocenters. The van der Waals surface area contributed by atoms with Gasteiger partial charge in [0.15, 0.2) is 0 Å². The number of benzene rings is 3.